The van der Waals surface area contributed by atoms with Gasteiger partial charge in [-0.2, -0.15) is 0 Å². The molecule has 104 valence electrons. The average Bonchev–Trinajstić information content (AvgIpc) is 2.33. The van der Waals surface area contributed by atoms with E-state index in [2.05, 4.69) is 21.2 Å². The van der Waals surface area contributed by atoms with E-state index < -0.39 is 11.9 Å². The van der Waals surface area contributed by atoms with Crippen molar-refractivity contribution in [1.29, 1.82) is 0 Å². The molecule has 1 fully saturated rings. The lowest BCUT2D eigenvalue weighted by Crippen LogP contribution is -2.61. The van der Waals surface area contributed by atoms with Crippen molar-refractivity contribution in [3.63, 3.8) is 0 Å². The van der Waals surface area contributed by atoms with Crippen LogP contribution in [0.25, 0.3) is 0 Å². The average molecular weight is 331 g/mol. The minimum absolute atomic E-state index is 0.0683. The second kappa shape index (κ2) is 4.76. The van der Waals surface area contributed by atoms with Crippen LogP contribution < -0.4 is 11.1 Å². The predicted octanol–water partition coefficient (Wildman–Crippen LogP) is 2.06. The first kappa shape index (κ1) is 14.3. The largest absolute Gasteiger partial charge is 0.396 e. The summed E-state index contributed by atoms with van der Waals surface area (Å²) >= 11 is 3.15. The van der Waals surface area contributed by atoms with E-state index in [0.717, 1.165) is 0 Å². The van der Waals surface area contributed by atoms with Gasteiger partial charge in [-0.25, -0.2) is 4.39 Å². The molecule has 2 rings (SSSR count). The van der Waals surface area contributed by atoms with Crippen molar-refractivity contribution in [2.75, 3.05) is 5.73 Å². The number of rotatable bonds is 2. The summed E-state index contributed by atoms with van der Waals surface area (Å²) in [6, 6.07) is 2.37. The molecule has 1 saturated carbocycles. The Morgan fingerprint density at radius 1 is 1.58 bits per heavy atom. The number of carbonyl (C=O) groups excluding carboxylic acids is 1. The first-order valence-corrected chi connectivity index (χ1v) is 6.76. The number of aliphatic hydroxyl groups excluding tert-OH is 1. The molecule has 19 heavy (non-hydrogen) atoms. The number of aliphatic hydroxyl groups is 1. The van der Waals surface area contributed by atoms with Gasteiger partial charge in [0.05, 0.1) is 17.4 Å². The Labute approximate surface area is 119 Å². The Kier molecular flexibility index (Phi) is 3.57. The number of hydrogen-bond donors (Lipinski definition) is 3. The van der Waals surface area contributed by atoms with Crippen LogP contribution in [-0.4, -0.2) is 23.2 Å². The lowest BCUT2D eigenvalue weighted by molar-refractivity contribution is -0.0689. The molecule has 4 N–H and O–H groups in total. The van der Waals surface area contributed by atoms with E-state index >= 15 is 0 Å². The minimum atomic E-state index is -0.567. The standard InChI is InChI=1S/C13H16BrFN2O2/c1-13(2)10(5-11(13)18)17-12(19)6-3-9(16)8(15)4-7(6)14/h3-4,10-11,18H,5,16H2,1-2H3,(H,17,19). The second-order valence-corrected chi connectivity index (χ2v) is 6.31. The molecule has 0 aliphatic heterocycles. The zero-order valence-electron chi connectivity index (χ0n) is 10.7. The third kappa shape index (κ3) is 2.47. The lowest BCUT2D eigenvalue weighted by Gasteiger charge is -2.49. The molecule has 0 bridgehead atoms. The van der Waals surface area contributed by atoms with Crippen molar-refractivity contribution in [3.05, 3.63) is 28.0 Å². The van der Waals surface area contributed by atoms with Crippen LogP contribution in [0.4, 0.5) is 10.1 Å². The number of carbonyl (C=O) groups is 1. The summed E-state index contributed by atoms with van der Waals surface area (Å²) in [5.41, 5.74) is 5.33. The summed E-state index contributed by atoms with van der Waals surface area (Å²) in [6.45, 7) is 3.78. The number of nitrogen functional groups attached to an aromatic ring is 1. The molecule has 2 unspecified atom stereocenters. The van der Waals surface area contributed by atoms with E-state index in [0.29, 0.717) is 10.9 Å². The number of amides is 1. The highest BCUT2D eigenvalue weighted by Crippen LogP contribution is 2.40. The molecule has 1 aliphatic carbocycles. The fourth-order valence-corrected chi connectivity index (χ4v) is 2.62. The maximum Gasteiger partial charge on any atom is 0.252 e. The van der Waals surface area contributed by atoms with Gasteiger partial charge in [-0.3, -0.25) is 4.79 Å². The maximum absolute atomic E-state index is 13.2. The molecule has 2 atom stereocenters. The van der Waals surface area contributed by atoms with Crippen LogP contribution in [0.15, 0.2) is 16.6 Å². The fraction of sp³-hybridized carbons (Fsp3) is 0.462. The summed E-state index contributed by atoms with van der Waals surface area (Å²) in [5.74, 6) is -0.897. The van der Waals surface area contributed by atoms with Crippen molar-refractivity contribution < 1.29 is 14.3 Å². The van der Waals surface area contributed by atoms with Crippen LogP contribution in [0.5, 0.6) is 0 Å². The van der Waals surface area contributed by atoms with Gasteiger partial charge >= 0.3 is 0 Å². The maximum atomic E-state index is 13.2. The number of nitrogens with one attached hydrogen (secondary N) is 1. The van der Waals surface area contributed by atoms with Gasteiger partial charge in [0.15, 0.2) is 0 Å². The Balaban J connectivity index is 2.16. The summed E-state index contributed by atoms with van der Waals surface area (Å²) < 4.78 is 13.6. The van der Waals surface area contributed by atoms with Gasteiger partial charge in [-0.05, 0) is 34.5 Å². The monoisotopic (exact) mass is 330 g/mol. The van der Waals surface area contributed by atoms with Gasteiger partial charge in [-0.15, -0.1) is 0 Å². The molecular weight excluding hydrogens is 315 g/mol. The van der Waals surface area contributed by atoms with Gasteiger partial charge in [0, 0.05) is 15.9 Å². The zero-order valence-corrected chi connectivity index (χ0v) is 12.3. The number of halogens is 2. The topological polar surface area (TPSA) is 75.3 Å². The summed E-state index contributed by atoms with van der Waals surface area (Å²) in [6.07, 6.45) is 0.104. The van der Waals surface area contributed by atoms with Gasteiger partial charge in [0.2, 0.25) is 0 Å². The van der Waals surface area contributed by atoms with Crippen LogP contribution >= 0.6 is 15.9 Å². The fourth-order valence-electron chi connectivity index (χ4n) is 2.12. The Hall–Kier alpha value is -1.14. The van der Waals surface area contributed by atoms with Crippen LogP contribution in [0.2, 0.25) is 0 Å². The van der Waals surface area contributed by atoms with Crippen molar-refractivity contribution in [2.24, 2.45) is 5.41 Å². The Bertz CT molecular complexity index is 534. The molecular formula is C13H16BrFN2O2. The van der Waals surface area contributed by atoms with Gasteiger partial charge in [0.1, 0.15) is 5.82 Å². The van der Waals surface area contributed by atoms with E-state index in [1.165, 1.54) is 12.1 Å². The van der Waals surface area contributed by atoms with Crippen molar-refractivity contribution in [1.82, 2.24) is 5.32 Å². The molecule has 0 saturated heterocycles. The van der Waals surface area contributed by atoms with Crippen LogP contribution in [0.3, 0.4) is 0 Å². The third-order valence-electron chi connectivity index (χ3n) is 3.85. The third-order valence-corrected chi connectivity index (χ3v) is 4.51. The predicted molar refractivity (Wildman–Crippen MR) is 74.2 cm³/mol. The zero-order chi connectivity index (χ0) is 14.4. The van der Waals surface area contributed by atoms with E-state index in [9.17, 15) is 14.3 Å². The second-order valence-electron chi connectivity index (χ2n) is 5.45. The highest BCUT2D eigenvalue weighted by Gasteiger charge is 2.48. The minimum Gasteiger partial charge on any atom is -0.396 e. The van der Waals surface area contributed by atoms with Gasteiger partial charge < -0.3 is 16.2 Å². The van der Waals surface area contributed by atoms with Gasteiger partial charge in [0.25, 0.3) is 5.91 Å². The number of hydrogen-bond acceptors (Lipinski definition) is 3. The molecule has 0 radical (unpaired) electrons. The highest BCUT2D eigenvalue weighted by molar-refractivity contribution is 9.10. The molecule has 1 aromatic rings. The highest BCUT2D eigenvalue weighted by atomic mass is 79.9. The summed E-state index contributed by atoms with van der Waals surface area (Å²) in [7, 11) is 0. The van der Waals surface area contributed by atoms with E-state index in [1.807, 2.05) is 13.8 Å². The molecule has 4 nitrogen and oxygen atoms in total. The lowest BCUT2D eigenvalue weighted by atomic mass is 9.64. The van der Waals surface area contributed by atoms with E-state index in [1.54, 1.807) is 0 Å². The number of benzene rings is 1. The van der Waals surface area contributed by atoms with E-state index in [4.69, 9.17) is 5.73 Å². The number of nitrogens with two attached hydrogens (primary N) is 1. The van der Waals surface area contributed by atoms with Crippen LogP contribution in [-0.2, 0) is 0 Å². The molecule has 1 aromatic carbocycles. The summed E-state index contributed by atoms with van der Waals surface area (Å²) in [4.78, 5) is 12.1. The Morgan fingerprint density at radius 3 is 2.74 bits per heavy atom. The van der Waals surface area contributed by atoms with E-state index in [-0.39, 0.29) is 28.6 Å². The smallest absolute Gasteiger partial charge is 0.252 e. The SMILES string of the molecule is CC1(C)C(O)CC1NC(=O)c1cc(N)c(F)cc1Br. The van der Waals surface area contributed by atoms with Crippen LogP contribution in [0.1, 0.15) is 30.6 Å². The van der Waals surface area contributed by atoms with Crippen molar-refractivity contribution in [3.8, 4) is 0 Å². The molecule has 0 aromatic heterocycles. The Morgan fingerprint density at radius 2 is 2.21 bits per heavy atom. The van der Waals surface area contributed by atoms with Crippen molar-refractivity contribution in [2.45, 2.75) is 32.4 Å². The summed E-state index contributed by atoms with van der Waals surface area (Å²) in [5, 5.41) is 12.5. The molecule has 0 spiro atoms. The molecule has 1 aliphatic rings. The first-order valence-electron chi connectivity index (χ1n) is 5.97. The quantitative estimate of drug-likeness (QED) is 0.726. The molecule has 1 amide bonds. The van der Waals surface area contributed by atoms with Crippen molar-refractivity contribution >= 4 is 27.5 Å². The first-order chi connectivity index (χ1) is 8.73. The van der Waals surface area contributed by atoms with Crippen LogP contribution in [0, 0.1) is 11.2 Å². The number of anilines is 1. The van der Waals surface area contributed by atoms with Gasteiger partial charge in [-0.1, -0.05) is 13.8 Å². The normalized spacial score (nSPS) is 24.7. The molecule has 0 heterocycles. The molecule has 6 heteroatoms.